The third kappa shape index (κ3) is 4.97. The van der Waals surface area contributed by atoms with E-state index in [4.69, 9.17) is 40.2 Å². The minimum Gasteiger partial charge on any atom is -0.489 e. The highest BCUT2D eigenvalue weighted by Gasteiger charge is 2.06. The van der Waals surface area contributed by atoms with E-state index in [1.54, 1.807) is 29.1 Å². The lowest BCUT2D eigenvalue weighted by atomic mass is 10.2. The summed E-state index contributed by atoms with van der Waals surface area (Å²) >= 11 is 17.5. The predicted molar refractivity (Wildman–Crippen MR) is 112 cm³/mol. The van der Waals surface area contributed by atoms with Gasteiger partial charge in [-0.3, -0.25) is 5.10 Å². The number of hydrogen-bond donors (Lipinski definition) is 1. The Hall–Kier alpha value is -2.15. The van der Waals surface area contributed by atoms with Crippen LogP contribution in [0.2, 0.25) is 10.0 Å². The summed E-state index contributed by atoms with van der Waals surface area (Å²) in [6.45, 7) is 2.39. The molecule has 1 heterocycles. The van der Waals surface area contributed by atoms with Gasteiger partial charge in [0, 0.05) is 22.0 Å². The normalized spacial score (nSPS) is 11.2. The third-order valence-corrected chi connectivity index (χ3v) is 4.81. The van der Waals surface area contributed by atoms with Crippen molar-refractivity contribution in [3.05, 3.63) is 74.2 Å². The van der Waals surface area contributed by atoms with Gasteiger partial charge < -0.3 is 4.74 Å². The van der Waals surface area contributed by atoms with E-state index in [0.717, 1.165) is 35.5 Å². The summed E-state index contributed by atoms with van der Waals surface area (Å²) < 4.78 is 7.90. The van der Waals surface area contributed by atoms with Gasteiger partial charge in [-0.2, -0.15) is 14.9 Å². The molecule has 0 aliphatic carbocycles. The molecule has 140 valence electrons. The Labute approximate surface area is 172 Å². The Bertz CT molecular complexity index is 975. The number of ether oxygens (including phenoxy) is 1. The largest absolute Gasteiger partial charge is 0.489 e. The Kier molecular flexibility index (Phi) is 6.66. The second-order valence-corrected chi connectivity index (χ2v) is 7.01. The van der Waals surface area contributed by atoms with Crippen molar-refractivity contribution in [2.45, 2.75) is 26.4 Å². The molecule has 2 aromatic carbocycles. The highest BCUT2D eigenvalue weighted by atomic mass is 35.5. The molecule has 0 saturated heterocycles. The number of aromatic amines is 1. The van der Waals surface area contributed by atoms with Crippen molar-refractivity contribution >= 4 is 41.6 Å². The first-order chi connectivity index (χ1) is 13.1. The monoisotopic (exact) mass is 420 g/mol. The molecular formula is C19H18Cl2N4OS. The van der Waals surface area contributed by atoms with Crippen LogP contribution < -0.4 is 4.74 Å². The fraction of sp³-hybridized carbons (Fsp3) is 0.211. The van der Waals surface area contributed by atoms with Gasteiger partial charge >= 0.3 is 0 Å². The van der Waals surface area contributed by atoms with Gasteiger partial charge in [0.05, 0.1) is 6.21 Å². The first kappa shape index (κ1) is 19.6. The van der Waals surface area contributed by atoms with Crippen LogP contribution in [0.25, 0.3) is 0 Å². The van der Waals surface area contributed by atoms with E-state index in [1.807, 2.05) is 24.3 Å². The van der Waals surface area contributed by atoms with Crippen LogP contribution in [-0.2, 0) is 13.0 Å². The highest BCUT2D eigenvalue weighted by molar-refractivity contribution is 7.71. The number of nitrogens with one attached hydrogen (secondary N) is 1. The van der Waals surface area contributed by atoms with Crippen molar-refractivity contribution < 1.29 is 4.74 Å². The number of rotatable bonds is 7. The van der Waals surface area contributed by atoms with Crippen molar-refractivity contribution in [1.29, 1.82) is 0 Å². The molecule has 0 amide bonds. The molecule has 1 aromatic heterocycles. The van der Waals surface area contributed by atoms with E-state index in [-0.39, 0.29) is 0 Å². The van der Waals surface area contributed by atoms with Gasteiger partial charge in [0.1, 0.15) is 12.4 Å². The summed E-state index contributed by atoms with van der Waals surface area (Å²) in [7, 11) is 0. The molecule has 27 heavy (non-hydrogen) atoms. The van der Waals surface area contributed by atoms with E-state index in [0.29, 0.717) is 21.4 Å². The molecule has 5 nitrogen and oxygen atoms in total. The van der Waals surface area contributed by atoms with E-state index in [1.165, 1.54) is 0 Å². The summed E-state index contributed by atoms with van der Waals surface area (Å²) in [4.78, 5) is 0. The molecule has 0 atom stereocenters. The number of nitrogens with zero attached hydrogens (tertiary/aromatic N) is 3. The maximum Gasteiger partial charge on any atom is 0.216 e. The Morgan fingerprint density at radius 3 is 2.56 bits per heavy atom. The number of aryl methyl sites for hydroxylation is 1. The first-order valence-electron chi connectivity index (χ1n) is 8.45. The lowest BCUT2D eigenvalue weighted by Crippen LogP contribution is -1.99. The maximum atomic E-state index is 6.16. The summed E-state index contributed by atoms with van der Waals surface area (Å²) in [5, 5.41) is 12.6. The minimum atomic E-state index is 0.302. The van der Waals surface area contributed by atoms with Gasteiger partial charge in [-0.05, 0) is 60.6 Å². The smallest absolute Gasteiger partial charge is 0.216 e. The Balaban J connectivity index is 1.67. The van der Waals surface area contributed by atoms with Gasteiger partial charge in [-0.15, -0.1) is 0 Å². The molecule has 0 unspecified atom stereocenters. The standard InChI is InChI=1S/C19H18Cl2N4OS/c1-2-4-18-23-24-19(27)25(18)22-11-13-7-9-14(10-8-13)26-12-15-16(20)5-3-6-17(15)21/h3,5-11H,2,4,12H2,1H3,(H,24,27)/b22-11+. The van der Waals surface area contributed by atoms with Crippen molar-refractivity contribution in [3.63, 3.8) is 0 Å². The van der Waals surface area contributed by atoms with Gasteiger partial charge in [-0.25, -0.2) is 0 Å². The van der Waals surface area contributed by atoms with Crippen molar-refractivity contribution in [2.75, 3.05) is 0 Å². The summed E-state index contributed by atoms with van der Waals surface area (Å²) in [6, 6.07) is 13.0. The van der Waals surface area contributed by atoms with Gasteiger partial charge in [0.15, 0.2) is 5.82 Å². The zero-order valence-electron chi connectivity index (χ0n) is 14.7. The second kappa shape index (κ2) is 9.17. The summed E-state index contributed by atoms with van der Waals surface area (Å²) in [5.41, 5.74) is 1.69. The Morgan fingerprint density at radius 2 is 1.89 bits per heavy atom. The van der Waals surface area contributed by atoms with Gasteiger partial charge in [-0.1, -0.05) is 36.2 Å². The van der Waals surface area contributed by atoms with E-state index >= 15 is 0 Å². The molecule has 0 aliphatic rings. The van der Waals surface area contributed by atoms with Crippen LogP contribution in [0, 0.1) is 4.77 Å². The fourth-order valence-electron chi connectivity index (χ4n) is 2.43. The molecule has 3 rings (SSSR count). The quantitative estimate of drug-likeness (QED) is 0.396. The summed E-state index contributed by atoms with van der Waals surface area (Å²) in [5.74, 6) is 1.53. The van der Waals surface area contributed by atoms with Gasteiger partial charge in [0.2, 0.25) is 4.77 Å². The number of aromatic nitrogens is 3. The van der Waals surface area contributed by atoms with Crippen molar-refractivity contribution in [2.24, 2.45) is 5.10 Å². The molecule has 0 saturated carbocycles. The van der Waals surface area contributed by atoms with Gasteiger partial charge in [0.25, 0.3) is 0 Å². The summed E-state index contributed by atoms with van der Waals surface area (Å²) in [6.07, 6.45) is 3.51. The highest BCUT2D eigenvalue weighted by Crippen LogP contribution is 2.25. The topological polar surface area (TPSA) is 55.2 Å². The molecule has 8 heteroatoms. The molecule has 1 N–H and O–H groups in total. The van der Waals surface area contributed by atoms with Crippen LogP contribution in [0.4, 0.5) is 0 Å². The molecule has 0 bridgehead atoms. The van der Waals surface area contributed by atoms with Crippen LogP contribution in [0.1, 0.15) is 30.3 Å². The number of halogens is 2. The average Bonchev–Trinajstić information content (AvgIpc) is 3.00. The van der Waals surface area contributed by atoms with Crippen LogP contribution in [0.3, 0.4) is 0 Å². The minimum absolute atomic E-state index is 0.302. The first-order valence-corrected chi connectivity index (χ1v) is 9.61. The second-order valence-electron chi connectivity index (χ2n) is 5.81. The third-order valence-electron chi connectivity index (χ3n) is 3.84. The van der Waals surface area contributed by atoms with Crippen LogP contribution in [-0.4, -0.2) is 21.1 Å². The Morgan fingerprint density at radius 1 is 1.19 bits per heavy atom. The van der Waals surface area contributed by atoms with E-state index < -0.39 is 0 Å². The molecule has 0 fully saturated rings. The number of hydrogen-bond acceptors (Lipinski definition) is 4. The molecule has 0 radical (unpaired) electrons. The van der Waals surface area contributed by atoms with E-state index in [9.17, 15) is 0 Å². The van der Waals surface area contributed by atoms with Crippen LogP contribution in [0.15, 0.2) is 47.6 Å². The average molecular weight is 421 g/mol. The molecule has 0 spiro atoms. The molecular weight excluding hydrogens is 403 g/mol. The molecule has 3 aromatic rings. The van der Waals surface area contributed by atoms with Crippen LogP contribution >= 0.6 is 35.4 Å². The molecule has 0 aliphatic heterocycles. The fourth-order valence-corrected chi connectivity index (χ4v) is 3.13. The van der Waals surface area contributed by atoms with Crippen molar-refractivity contribution in [3.8, 4) is 5.75 Å². The zero-order chi connectivity index (χ0) is 19.2. The van der Waals surface area contributed by atoms with Crippen molar-refractivity contribution in [1.82, 2.24) is 14.9 Å². The lowest BCUT2D eigenvalue weighted by molar-refractivity contribution is 0.306. The SMILES string of the molecule is CCCc1n[nH]c(=S)n1/N=C/c1ccc(OCc2c(Cl)cccc2Cl)cc1. The van der Waals surface area contributed by atoms with E-state index in [2.05, 4.69) is 22.2 Å². The predicted octanol–water partition coefficient (Wildman–Crippen LogP) is 5.66. The lowest BCUT2D eigenvalue weighted by Gasteiger charge is -2.09. The number of benzene rings is 2. The number of H-pyrrole nitrogens is 1. The zero-order valence-corrected chi connectivity index (χ0v) is 17.0. The van der Waals surface area contributed by atoms with Crippen LogP contribution in [0.5, 0.6) is 5.75 Å². The maximum absolute atomic E-state index is 6.16.